The average molecular weight is 231 g/mol. The lowest BCUT2D eigenvalue weighted by Crippen LogP contribution is -2.07. The Balaban J connectivity index is 2.41. The predicted octanol–water partition coefficient (Wildman–Crippen LogP) is 2.91. The van der Waals surface area contributed by atoms with E-state index in [-0.39, 0.29) is 5.91 Å². The van der Waals surface area contributed by atoms with Gasteiger partial charge in [0.15, 0.2) is 0 Å². The Morgan fingerprint density at radius 2 is 2.18 bits per heavy atom. The topological polar surface area (TPSA) is 51.5 Å². The van der Waals surface area contributed by atoms with Crippen molar-refractivity contribution in [2.75, 3.05) is 12.4 Å². The molecule has 1 amide bonds. The van der Waals surface area contributed by atoms with Gasteiger partial charge >= 0.3 is 0 Å². The third-order valence-electron chi connectivity index (χ3n) is 2.32. The molecular formula is C13H13NO3. The molecule has 0 unspecified atom stereocenters. The lowest BCUT2D eigenvalue weighted by Gasteiger charge is -2.10. The number of anilines is 1. The molecule has 0 spiro atoms. The van der Waals surface area contributed by atoms with Gasteiger partial charge in [0.25, 0.3) is 0 Å². The van der Waals surface area contributed by atoms with Gasteiger partial charge in [-0.15, -0.1) is 0 Å². The minimum atomic E-state index is -0.139. The van der Waals surface area contributed by atoms with Crippen LogP contribution in [0, 0.1) is 0 Å². The quantitative estimate of drug-likeness (QED) is 0.883. The molecule has 4 heteroatoms. The summed E-state index contributed by atoms with van der Waals surface area (Å²) in [6, 6.07) is 9.17. The number of furan rings is 1. The van der Waals surface area contributed by atoms with Crippen LogP contribution in [-0.4, -0.2) is 13.0 Å². The van der Waals surface area contributed by atoms with E-state index in [0.717, 1.165) is 11.3 Å². The van der Waals surface area contributed by atoms with E-state index in [1.807, 2.05) is 24.3 Å². The molecule has 4 nitrogen and oxygen atoms in total. The number of hydrogen-bond acceptors (Lipinski definition) is 3. The molecule has 1 aromatic carbocycles. The van der Waals surface area contributed by atoms with Gasteiger partial charge in [0.05, 0.1) is 19.1 Å². The highest BCUT2D eigenvalue weighted by Crippen LogP contribution is 2.30. The van der Waals surface area contributed by atoms with E-state index in [1.165, 1.54) is 6.92 Å². The van der Waals surface area contributed by atoms with Crippen LogP contribution < -0.4 is 10.1 Å². The third kappa shape index (κ3) is 2.47. The Bertz CT molecular complexity index is 517. The minimum Gasteiger partial charge on any atom is -0.495 e. The number of benzene rings is 1. The number of nitrogens with one attached hydrogen (secondary N) is 1. The molecule has 17 heavy (non-hydrogen) atoms. The molecule has 0 aliphatic heterocycles. The Kier molecular flexibility index (Phi) is 3.14. The number of ether oxygens (including phenoxy) is 1. The Morgan fingerprint density at radius 3 is 2.76 bits per heavy atom. The highest BCUT2D eigenvalue weighted by molar-refractivity contribution is 5.91. The third-order valence-corrected chi connectivity index (χ3v) is 2.32. The van der Waals surface area contributed by atoms with E-state index in [4.69, 9.17) is 9.15 Å². The molecule has 0 saturated carbocycles. The highest BCUT2D eigenvalue weighted by atomic mass is 16.5. The maximum atomic E-state index is 11.1. The van der Waals surface area contributed by atoms with Crippen LogP contribution in [-0.2, 0) is 4.79 Å². The number of hydrogen-bond donors (Lipinski definition) is 1. The number of methoxy groups -OCH3 is 1. The Morgan fingerprint density at radius 1 is 1.35 bits per heavy atom. The lowest BCUT2D eigenvalue weighted by atomic mass is 10.1. The van der Waals surface area contributed by atoms with Crippen molar-refractivity contribution < 1.29 is 13.9 Å². The van der Waals surface area contributed by atoms with Crippen molar-refractivity contribution in [3.8, 4) is 17.1 Å². The number of carbonyl (C=O) groups excluding carboxylic acids is 1. The van der Waals surface area contributed by atoms with E-state index in [1.54, 1.807) is 19.4 Å². The van der Waals surface area contributed by atoms with Gasteiger partial charge in [-0.25, -0.2) is 0 Å². The van der Waals surface area contributed by atoms with Crippen LogP contribution in [0.25, 0.3) is 11.3 Å². The SMILES string of the molecule is COc1ccc(-c2ccco2)cc1NC(C)=O. The van der Waals surface area contributed by atoms with Crippen molar-refractivity contribution in [1.29, 1.82) is 0 Å². The summed E-state index contributed by atoms with van der Waals surface area (Å²) in [5.74, 6) is 1.23. The molecule has 88 valence electrons. The van der Waals surface area contributed by atoms with E-state index in [9.17, 15) is 4.79 Å². The Labute approximate surface area is 99.2 Å². The van der Waals surface area contributed by atoms with Crippen LogP contribution in [0.5, 0.6) is 5.75 Å². The number of carbonyl (C=O) groups is 1. The van der Waals surface area contributed by atoms with Crippen molar-refractivity contribution in [2.24, 2.45) is 0 Å². The van der Waals surface area contributed by atoms with Gasteiger partial charge in [-0.05, 0) is 30.3 Å². The zero-order valence-electron chi connectivity index (χ0n) is 9.69. The standard InChI is InChI=1S/C13H13NO3/c1-9(15)14-11-8-10(5-6-13(11)16-2)12-4-3-7-17-12/h3-8H,1-2H3,(H,14,15). The largest absolute Gasteiger partial charge is 0.495 e. The van der Waals surface area contributed by atoms with Gasteiger partial charge in [-0.3, -0.25) is 4.79 Å². The van der Waals surface area contributed by atoms with E-state index < -0.39 is 0 Å². The second-order valence-corrected chi connectivity index (χ2v) is 3.57. The van der Waals surface area contributed by atoms with E-state index in [2.05, 4.69) is 5.32 Å². The normalized spacial score (nSPS) is 10.0. The zero-order chi connectivity index (χ0) is 12.3. The molecule has 1 aromatic heterocycles. The summed E-state index contributed by atoms with van der Waals surface area (Å²) in [5.41, 5.74) is 1.52. The lowest BCUT2D eigenvalue weighted by molar-refractivity contribution is -0.114. The summed E-state index contributed by atoms with van der Waals surface area (Å²) >= 11 is 0. The summed E-state index contributed by atoms with van der Waals surface area (Å²) in [6.07, 6.45) is 1.61. The van der Waals surface area contributed by atoms with Gasteiger partial charge in [-0.1, -0.05) is 0 Å². The predicted molar refractivity (Wildman–Crippen MR) is 65.0 cm³/mol. The maximum absolute atomic E-state index is 11.1. The fourth-order valence-electron chi connectivity index (χ4n) is 1.59. The summed E-state index contributed by atoms with van der Waals surface area (Å²) in [7, 11) is 1.56. The second kappa shape index (κ2) is 4.74. The van der Waals surface area contributed by atoms with Gasteiger partial charge < -0.3 is 14.5 Å². The molecule has 0 bridgehead atoms. The van der Waals surface area contributed by atoms with Crippen molar-refractivity contribution >= 4 is 11.6 Å². The second-order valence-electron chi connectivity index (χ2n) is 3.57. The summed E-state index contributed by atoms with van der Waals surface area (Å²) < 4.78 is 10.5. The first-order chi connectivity index (χ1) is 8.20. The first kappa shape index (κ1) is 11.3. The molecular weight excluding hydrogens is 218 g/mol. The smallest absolute Gasteiger partial charge is 0.221 e. The molecule has 0 aliphatic carbocycles. The fourth-order valence-corrected chi connectivity index (χ4v) is 1.59. The van der Waals surface area contributed by atoms with Crippen LogP contribution in [0.4, 0.5) is 5.69 Å². The van der Waals surface area contributed by atoms with Gasteiger partial charge in [-0.2, -0.15) is 0 Å². The van der Waals surface area contributed by atoms with Gasteiger partial charge in [0.1, 0.15) is 11.5 Å². The molecule has 0 aliphatic rings. The van der Waals surface area contributed by atoms with Crippen LogP contribution in [0.3, 0.4) is 0 Å². The van der Waals surface area contributed by atoms with Crippen molar-refractivity contribution in [2.45, 2.75) is 6.92 Å². The van der Waals surface area contributed by atoms with E-state index in [0.29, 0.717) is 11.4 Å². The maximum Gasteiger partial charge on any atom is 0.221 e. The van der Waals surface area contributed by atoms with Crippen molar-refractivity contribution in [3.63, 3.8) is 0 Å². The highest BCUT2D eigenvalue weighted by Gasteiger charge is 2.08. The molecule has 2 aromatic rings. The summed E-state index contributed by atoms with van der Waals surface area (Å²) in [5, 5.41) is 2.72. The first-order valence-electron chi connectivity index (χ1n) is 5.20. The molecule has 1 N–H and O–H groups in total. The Hall–Kier alpha value is -2.23. The van der Waals surface area contributed by atoms with Crippen LogP contribution in [0.2, 0.25) is 0 Å². The first-order valence-corrected chi connectivity index (χ1v) is 5.20. The van der Waals surface area contributed by atoms with Crippen molar-refractivity contribution in [3.05, 3.63) is 36.6 Å². The zero-order valence-corrected chi connectivity index (χ0v) is 9.69. The molecule has 2 rings (SSSR count). The minimum absolute atomic E-state index is 0.139. The monoisotopic (exact) mass is 231 g/mol. The van der Waals surface area contributed by atoms with Crippen LogP contribution in [0.1, 0.15) is 6.92 Å². The molecule has 0 atom stereocenters. The molecule has 1 heterocycles. The van der Waals surface area contributed by atoms with Gasteiger partial charge in [0, 0.05) is 12.5 Å². The number of rotatable bonds is 3. The average Bonchev–Trinajstić information content (AvgIpc) is 2.81. The fraction of sp³-hybridized carbons (Fsp3) is 0.154. The molecule has 0 saturated heterocycles. The van der Waals surface area contributed by atoms with Gasteiger partial charge in [0.2, 0.25) is 5.91 Å². The molecule has 0 fully saturated rings. The van der Waals surface area contributed by atoms with Crippen LogP contribution >= 0.6 is 0 Å². The van der Waals surface area contributed by atoms with Crippen molar-refractivity contribution in [1.82, 2.24) is 0 Å². The van der Waals surface area contributed by atoms with E-state index >= 15 is 0 Å². The summed E-state index contributed by atoms with van der Waals surface area (Å²) in [6.45, 7) is 1.46. The van der Waals surface area contributed by atoms with Crippen LogP contribution in [0.15, 0.2) is 41.0 Å². The summed E-state index contributed by atoms with van der Waals surface area (Å²) in [4.78, 5) is 11.1. The number of amides is 1. The molecule has 0 radical (unpaired) electrons.